The van der Waals surface area contributed by atoms with E-state index in [1.54, 1.807) is 0 Å². The summed E-state index contributed by atoms with van der Waals surface area (Å²) in [4.78, 5) is 24.4. The van der Waals surface area contributed by atoms with Gasteiger partial charge in [-0.2, -0.15) is 5.26 Å². The molecule has 0 heterocycles. The second-order valence-electron chi connectivity index (χ2n) is 4.61. The Morgan fingerprint density at radius 1 is 1.53 bits per heavy atom. The Hall–Kier alpha value is -2.03. The highest BCUT2D eigenvalue weighted by Gasteiger charge is 2.22. The maximum absolute atomic E-state index is 12.0. The van der Waals surface area contributed by atoms with E-state index < -0.39 is 18.0 Å². The summed E-state index contributed by atoms with van der Waals surface area (Å²) in [6.07, 6.45) is 1.83. The van der Waals surface area contributed by atoms with Crippen molar-refractivity contribution >= 4 is 12.0 Å². The molecule has 0 saturated carbocycles. The summed E-state index contributed by atoms with van der Waals surface area (Å²) in [6.45, 7) is 8.13. The third-order valence-electron chi connectivity index (χ3n) is 2.36. The second kappa shape index (κ2) is 8.97. The van der Waals surface area contributed by atoms with Crippen molar-refractivity contribution < 1.29 is 14.7 Å². The van der Waals surface area contributed by atoms with Crippen LogP contribution in [0.1, 0.15) is 26.7 Å². The Labute approximate surface area is 113 Å². The lowest BCUT2D eigenvalue weighted by molar-refractivity contribution is -0.139. The lowest BCUT2D eigenvalue weighted by Crippen LogP contribution is -2.49. The fraction of sp³-hybridized carbons (Fsp3) is 0.615. The van der Waals surface area contributed by atoms with E-state index in [4.69, 9.17) is 10.4 Å². The Morgan fingerprint density at radius 2 is 2.16 bits per heavy atom. The van der Waals surface area contributed by atoms with E-state index in [1.165, 1.54) is 11.0 Å². The number of carboxylic acid groups (broad SMARTS) is 1. The van der Waals surface area contributed by atoms with E-state index in [1.807, 2.05) is 19.9 Å². The summed E-state index contributed by atoms with van der Waals surface area (Å²) in [5, 5.41) is 20.0. The molecule has 2 amide bonds. The van der Waals surface area contributed by atoms with E-state index in [-0.39, 0.29) is 18.8 Å². The number of aliphatic carboxylic acids is 1. The molecule has 106 valence electrons. The number of urea groups is 1. The van der Waals surface area contributed by atoms with Gasteiger partial charge in [-0.3, -0.25) is 0 Å². The van der Waals surface area contributed by atoms with Gasteiger partial charge < -0.3 is 15.3 Å². The van der Waals surface area contributed by atoms with Crippen LogP contribution >= 0.6 is 0 Å². The van der Waals surface area contributed by atoms with Gasteiger partial charge in [0, 0.05) is 13.1 Å². The molecule has 0 aromatic carbocycles. The number of carbonyl (C=O) groups excluding carboxylic acids is 1. The summed E-state index contributed by atoms with van der Waals surface area (Å²) in [5.41, 5.74) is 0. The van der Waals surface area contributed by atoms with Crippen LogP contribution in [0.2, 0.25) is 0 Å². The van der Waals surface area contributed by atoms with Crippen LogP contribution in [0.3, 0.4) is 0 Å². The van der Waals surface area contributed by atoms with Gasteiger partial charge >= 0.3 is 12.0 Å². The van der Waals surface area contributed by atoms with Crippen LogP contribution in [0.25, 0.3) is 0 Å². The first-order valence-electron chi connectivity index (χ1n) is 6.18. The molecule has 0 aromatic heterocycles. The van der Waals surface area contributed by atoms with Crippen molar-refractivity contribution in [1.29, 1.82) is 5.26 Å². The van der Waals surface area contributed by atoms with Crippen molar-refractivity contribution in [1.82, 2.24) is 10.2 Å². The van der Waals surface area contributed by atoms with Crippen molar-refractivity contribution in [2.45, 2.75) is 32.7 Å². The normalized spacial score (nSPS) is 11.5. The Bertz CT molecular complexity index is 361. The number of nitrogens with zero attached hydrogens (tertiary/aromatic N) is 2. The fourth-order valence-electron chi connectivity index (χ4n) is 1.53. The molecule has 1 atom stereocenters. The highest BCUT2D eigenvalue weighted by molar-refractivity contribution is 5.82. The molecule has 0 aliphatic rings. The van der Waals surface area contributed by atoms with Gasteiger partial charge in [-0.15, -0.1) is 6.58 Å². The molecule has 0 spiro atoms. The van der Waals surface area contributed by atoms with E-state index in [9.17, 15) is 9.59 Å². The van der Waals surface area contributed by atoms with Crippen LogP contribution in [0.5, 0.6) is 0 Å². The highest BCUT2D eigenvalue weighted by atomic mass is 16.4. The van der Waals surface area contributed by atoms with Crippen molar-refractivity contribution in [2.75, 3.05) is 13.1 Å². The molecule has 19 heavy (non-hydrogen) atoms. The van der Waals surface area contributed by atoms with Gasteiger partial charge in [0.15, 0.2) is 0 Å². The van der Waals surface area contributed by atoms with Crippen LogP contribution in [0.15, 0.2) is 12.7 Å². The van der Waals surface area contributed by atoms with Gasteiger partial charge in [0.2, 0.25) is 0 Å². The Balaban J connectivity index is 4.63. The van der Waals surface area contributed by atoms with Gasteiger partial charge in [0.05, 0.1) is 12.5 Å². The highest BCUT2D eigenvalue weighted by Crippen LogP contribution is 2.02. The zero-order valence-corrected chi connectivity index (χ0v) is 11.4. The van der Waals surface area contributed by atoms with Gasteiger partial charge in [0.1, 0.15) is 6.04 Å². The second-order valence-corrected chi connectivity index (χ2v) is 4.61. The fourth-order valence-corrected chi connectivity index (χ4v) is 1.53. The molecule has 1 unspecified atom stereocenters. The number of hydrogen-bond donors (Lipinski definition) is 2. The van der Waals surface area contributed by atoms with Crippen molar-refractivity contribution in [2.24, 2.45) is 5.92 Å². The lowest BCUT2D eigenvalue weighted by atomic mass is 10.2. The van der Waals surface area contributed by atoms with Gasteiger partial charge in [-0.05, 0) is 12.3 Å². The lowest BCUT2D eigenvalue weighted by Gasteiger charge is -2.25. The predicted molar refractivity (Wildman–Crippen MR) is 71.4 cm³/mol. The molecule has 0 aliphatic heterocycles. The molecule has 0 rings (SSSR count). The number of carbonyl (C=O) groups is 2. The van der Waals surface area contributed by atoms with Crippen LogP contribution in [-0.4, -0.2) is 41.1 Å². The van der Waals surface area contributed by atoms with Gasteiger partial charge in [0.25, 0.3) is 0 Å². The monoisotopic (exact) mass is 267 g/mol. The summed E-state index contributed by atoms with van der Waals surface area (Å²) in [6, 6.07) is 0.529. The molecule has 0 radical (unpaired) electrons. The quantitative estimate of drug-likeness (QED) is 0.653. The molecule has 2 N–H and O–H groups in total. The topological polar surface area (TPSA) is 93.4 Å². The SMILES string of the molecule is C=CCC(NC(=O)N(CCC#N)CC(C)C)C(=O)O. The number of carboxylic acids is 1. The maximum Gasteiger partial charge on any atom is 0.326 e. The molecule has 0 saturated heterocycles. The van der Waals surface area contributed by atoms with E-state index in [2.05, 4.69) is 11.9 Å². The minimum absolute atomic E-state index is 0.162. The smallest absolute Gasteiger partial charge is 0.326 e. The van der Waals surface area contributed by atoms with E-state index >= 15 is 0 Å². The Morgan fingerprint density at radius 3 is 2.58 bits per heavy atom. The minimum atomic E-state index is -1.10. The average Bonchev–Trinajstić information content (AvgIpc) is 2.33. The molecule has 6 nitrogen and oxygen atoms in total. The molecule has 0 bridgehead atoms. The number of nitriles is 1. The van der Waals surface area contributed by atoms with Crippen molar-refractivity contribution in [3.63, 3.8) is 0 Å². The van der Waals surface area contributed by atoms with Gasteiger partial charge in [-0.1, -0.05) is 19.9 Å². The van der Waals surface area contributed by atoms with Crippen molar-refractivity contribution in [3.8, 4) is 6.07 Å². The zero-order valence-electron chi connectivity index (χ0n) is 11.4. The molecular weight excluding hydrogens is 246 g/mol. The third-order valence-corrected chi connectivity index (χ3v) is 2.36. The zero-order chi connectivity index (χ0) is 14.8. The molecule has 0 aliphatic carbocycles. The summed E-state index contributed by atoms with van der Waals surface area (Å²) in [7, 11) is 0. The summed E-state index contributed by atoms with van der Waals surface area (Å²) < 4.78 is 0. The first-order chi connectivity index (χ1) is 8.92. The predicted octanol–water partition coefficient (Wildman–Crippen LogP) is 1.60. The van der Waals surface area contributed by atoms with Crippen molar-refractivity contribution in [3.05, 3.63) is 12.7 Å². The van der Waals surface area contributed by atoms with Crippen LogP contribution in [-0.2, 0) is 4.79 Å². The number of nitrogens with one attached hydrogen (secondary N) is 1. The average molecular weight is 267 g/mol. The summed E-state index contributed by atoms with van der Waals surface area (Å²) in [5.74, 6) is -0.856. The van der Waals surface area contributed by atoms with E-state index in [0.717, 1.165) is 0 Å². The number of hydrogen-bond acceptors (Lipinski definition) is 3. The largest absolute Gasteiger partial charge is 0.480 e. The summed E-state index contributed by atoms with van der Waals surface area (Å²) >= 11 is 0. The van der Waals surface area contributed by atoms with Crippen LogP contribution < -0.4 is 5.32 Å². The first-order valence-corrected chi connectivity index (χ1v) is 6.18. The molecule has 0 fully saturated rings. The third kappa shape index (κ3) is 7.09. The molecular formula is C13H21N3O3. The van der Waals surface area contributed by atoms with Crippen LogP contribution in [0.4, 0.5) is 4.79 Å². The molecule has 6 heteroatoms. The standard InChI is InChI=1S/C13H21N3O3/c1-4-6-11(12(17)18)15-13(19)16(8-5-7-14)9-10(2)3/h4,10-11H,1,5-6,8-9H2,2-3H3,(H,15,19)(H,17,18). The number of amides is 2. The minimum Gasteiger partial charge on any atom is -0.480 e. The van der Waals surface area contributed by atoms with Crippen LogP contribution in [0, 0.1) is 17.2 Å². The van der Waals surface area contributed by atoms with E-state index in [0.29, 0.717) is 13.1 Å². The molecule has 0 aromatic rings. The van der Waals surface area contributed by atoms with Gasteiger partial charge in [-0.25, -0.2) is 9.59 Å². The first kappa shape index (κ1) is 17.0. The maximum atomic E-state index is 12.0. The Kier molecular flexibility index (Phi) is 8.02. The number of rotatable bonds is 8.